The Morgan fingerprint density at radius 3 is 1.55 bits per heavy atom. The van der Waals surface area contributed by atoms with Gasteiger partial charge >= 0.3 is 0 Å². The third-order valence-corrected chi connectivity index (χ3v) is 10.7. The van der Waals surface area contributed by atoms with Gasteiger partial charge in [0.1, 0.15) is 5.78 Å². The summed E-state index contributed by atoms with van der Waals surface area (Å²) in [6.07, 6.45) is 28.9. The summed E-state index contributed by atoms with van der Waals surface area (Å²) in [5, 5.41) is 0. The lowest BCUT2D eigenvalue weighted by Crippen LogP contribution is -2.59. The van der Waals surface area contributed by atoms with E-state index in [1.54, 1.807) is 0 Å². The zero-order chi connectivity index (χ0) is 21.7. The van der Waals surface area contributed by atoms with Crippen LogP contribution in [-0.4, -0.2) is 5.78 Å². The summed E-state index contributed by atoms with van der Waals surface area (Å²) < 4.78 is 0. The van der Waals surface area contributed by atoms with Crippen LogP contribution in [0.1, 0.15) is 149 Å². The van der Waals surface area contributed by atoms with E-state index in [9.17, 15) is 4.79 Å². The normalized spacial score (nSPS) is 40.9. The molecule has 0 bridgehead atoms. The van der Waals surface area contributed by atoms with Crippen molar-refractivity contribution in [3.05, 3.63) is 0 Å². The highest BCUT2D eigenvalue weighted by molar-refractivity contribution is 5.96. The van der Waals surface area contributed by atoms with E-state index in [-0.39, 0.29) is 10.8 Å². The third kappa shape index (κ3) is 5.27. The van der Waals surface area contributed by atoms with Crippen LogP contribution < -0.4 is 0 Å². The largest absolute Gasteiger partial charge is 0.298 e. The molecule has 4 aliphatic carbocycles. The number of unbranched alkanes of at least 4 members (excludes halogenated alkanes) is 4. The number of hydrogen-bond acceptors (Lipinski definition) is 1. The van der Waals surface area contributed by atoms with Crippen molar-refractivity contribution >= 4 is 5.78 Å². The number of Topliss-reactive ketones (excluding diaryl/α,β-unsaturated/α-hetero) is 1. The fourth-order valence-electron chi connectivity index (χ4n) is 8.57. The molecule has 4 rings (SSSR count). The standard InChI is InChI=1S/C30H52O/c1-3-5-7-9-24-11-13-26(14-12-24)27-17-21-30(22-18-27)23-29(28(30)31)19-15-25(16-20-29)10-8-6-4-2/h24-27H,3-23H2,1-2H3/t24?,25?,26?,27-,29-,30-. The van der Waals surface area contributed by atoms with Crippen LogP contribution in [0.3, 0.4) is 0 Å². The summed E-state index contributed by atoms with van der Waals surface area (Å²) in [5.74, 6) is 4.63. The van der Waals surface area contributed by atoms with Gasteiger partial charge in [0.25, 0.3) is 0 Å². The van der Waals surface area contributed by atoms with Crippen LogP contribution in [0.2, 0.25) is 0 Å². The van der Waals surface area contributed by atoms with E-state index < -0.39 is 0 Å². The van der Waals surface area contributed by atoms with Gasteiger partial charge in [0.15, 0.2) is 0 Å². The SMILES string of the molecule is CCCCCC1CCC([C@H]2CC[C@]3(CC2)C[C@@]2(CCC(CCCCC)CC2)C3=O)CC1. The van der Waals surface area contributed by atoms with Crippen molar-refractivity contribution in [2.45, 2.75) is 149 Å². The number of ketones is 1. The van der Waals surface area contributed by atoms with Crippen molar-refractivity contribution in [3.63, 3.8) is 0 Å². The Morgan fingerprint density at radius 2 is 1.06 bits per heavy atom. The molecule has 1 heteroatoms. The molecular formula is C30H52O. The topological polar surface area (TPSA) is 17.1 Å². The zero-order valence-electron chi connectivity index (χ0n) is 21.1. The van der Waals surface area contributed by atoms with E-state index in [0.29, 0.717) is 0 Å². The van der Waals surface area contributed by atoms with Gasteiger partial charge in [-0.05, 0) is 94.3 Å². The van der Waals surface area contributed by atoms with Gasteiger partial charge in [-0.3, -0.25) is 4.79 Å². The second-order valence-corrected chi connectivity index (χ2v) is 12.6. The van der Waals surface area contributed by atoms with E-state index in [4.69, 9.17) is 0 Å². The summed E-state index contributed by atoms with van der Waals surface area (Å²) in [5.41, 5.74) is 0.285. The average Bonchev–Trinajstić information content (AvgIpc) is 2.81. The molecule has 178 valence electrons. The van der Waals surface area contributed by atoms with Crippen molar-refractivity contribution < 1.29 is 4.79 Å². The molecule has 0 aliphatic heterocycles. The first-order chi connectivity index (χ1) is 15.1. The van der Waals surface area contributed by atoms with Gasteiger partial charge in [0, 0.05) is 10.8 Å². The lowest BCUT2D eigenvalue weighted by atomic mass is 9.42. The van der Waals surface area contributed by atoms with Gasteiger partial charge in [-0.25, -0.2) is 0 Å². The Balaban J connectivity index is 1.18. The van der Waals surface area contributed by atoms with Crippen molar-refractivity contribution in [3.8, 4) is 0 Å². The molecule has 0 aromatic carbocycles. The third-order valence-electron chi connectivity index (χ3n) is 10.7. The molecule has 1 nitrogen and oxygen atoms in total. The molecule has 0 heterocycles. The predicted octanol–water partition coefficient (Wildman–Crippen LogP) is 9.28. The van der Waals surface area contributed by atoms with Crippen molar-refractivity contribution in [2.75, 3.05) is 0 Å². The van der Waals surface area contributed by atoms with Crippen LogP contribution in [0.15, 0.2) is 0 Å². The van der Waals surface area contributed by atoms with E-state index in [0.717, 1.165) is 29.5 Å². The van der Waals surface area contributed by atoms with E-state index in [1.165, 1.54) is 135 Å². The van der Waals surface area contributed by atoms with Gasteiger partial charge < -0.3 is 0 Å². The van der Waals surface area contributed by atoms with Crippen molar-refractivity contribution in [1.82, 2.24) is 0 Å². The second kappa shape index (κ2) is 10.7. The number of rotatable bonds is 9. The van der Waals surface area contributed by atoms with Crippen LogP contribution in [0.4, 0.5) is 0 Å². The summed E-state index contributed by atoms with van der Waals surface area (Å²) in [4.78, 5) is 13.5. The predicted molar refractivity (Wildman–Crippen MR) is 132 cm³/mol. The monoisotopic (exact) mass is 428 g/mol. The van der Waals surface area contributed by atoms with Crippen LogP contribution in [0.25, 0.3) is 0 Å². The van der Waals surface area contributed by atoms with Crippen LogP contribution in [0, 0.1) is 34.5 Å². The molecule has 0 amide bonds. The minimum absolute atomic E-state index is 0.142. The molecule has 4 fully saturated rings. The quantitative estimate of drug-likeness (QED) is 0.334. The maximum absolute atomic E-state index is 13.5. The molecular weight excluding hydrogens is 376 g/mol. The maximum Gasteiger partial charge on any atom is 0.145 e. The summed E-state index contributed by atoms with van der Waals surface area (Å²) in [7, 11) is 0. The minimum Gasteiger partial charge on any atom is -0.298 e. The fourth-order valence-corrected chi connectivity index (χ4v) is 8.57. The molecule has 4 aliphatic rings. The Kier molecular flexibility index (Phi) is 8.24. The van der Waals surface area contributed by atoms with Crippen molar-refractivity contribution in [1.29, 1.82) is 0 Å². The number of hydrogen-bond donors (Lipinski definition) is 0. The van der Waals surface area contributed by atoms with Crippen LogP contribution >= 0.6 is 0 Å². The molecule has 0 saturated heterocycles. The van der Waals surface area contributed by atoms with E-state index in [2.05, 4.69) is 13.8 Å². The lowest BCUT2D eigenvalue weighted by molar-refractivity contribution is -0.169. The molecule has 0 aromatic rings. The zero-order valence-corrected chi connectivity index (χ0v) is 21.1. The average molecular weight is 429 g/mol. The van der Waals surface area contributed by atoms with Gasteiger partial charge in [-0.2, -0.15) is 0 Å². The molecule has 0 N–H and O–H groups in total. The highest BCUT2D eigenvalue weighted by Crippen LogP contribution is 2.64. The van der Waals surface area contributed by atoms with E-state index >= 15 is 0 Å². The molecule has 0 unspecified atom stereocenters. The summed E-state index contributed by atoms with van der Waals surface area (Å²) in [6.45, 7) is 4.62. The summed E-state index contributed by atoms with van der Waals surface area (Å²) in [6, 6.07) is 0. The van der Waals surface area contributed by atoms with Crippen LogP contribution in [0.5, 0.6) is 0 Å². The first-order valence-corrected chi connectivity index (χ1v) is 14.7. The van der Waals surface area contributed by atoms with Gasteiger partial charge in [0.05, 0.1) is 0 Å². The Morgan fingerprint density at radius 1 is 0.613 bits per heavy atom. The van der Waals surface area contributed by atoms with Gasteiger partial charge in [-0.1, -0.05) is 78.1 Å². The highest BCUT2D eigenvalue weighted by atomic mass is 16.1. The van der Waals surface area contributed by atoms with E-state index in [1.807, 2.05) is 0 Å². The molecule has 4 saturated carbocycles. The Bertz CT molecular complexity index is 553. The lowest BCUT2D eigenvalue weighted by Gasteiger charge is -2.59. The minimum atomic E-state index is 0.142. The molecule has 2 spiro atoms. The Hall–Kier alpha value is -0.330. The molecule has 31 heavy (non-hydrogen) atoms. The van der Waals surface area contributed by atoms with Crippen LogP contribution in [-0.2, 0) is 4.79 Å². The first-order valence-electron chi connectivity index (χ1n) is 14.7. The fraction of sp³-hybridized carbons (Fsp3) is 0.967. The Labute approximate surface area is 193 Å². The smallest absolute Gasteiger partial charge is 0.145 e. The first kappa shape index (κ1) is 23.8. The molecule has 0 atom stereocenters. The summed E-state index contributed by atoms with van der Waals surface area (Å²) >= 11 is 0. The second-order valence-electron chi connectivity index (χ2n) is 12.6. The number of carbonyl (C=O) groups is 1. The molecule has 0 aromatic heterocycles. The van der Waals surface area contributed by atoms with Gasteiger partial charge in [0.2, 0.25) is 0 Å². The van der Waals surface area contributed by atoms with Crippen molar-refractivity contribution in [2.24, 2.45) is 34.5 Å². The highest BCUT2D eigenvalue weighted by Gasteiger charge is 2.63. The number of carbonyl (C=O) groups excluding carboxylic acids is 1. The van der Waals surface area contributed by atoms with Gasteiger partial charge in [-0.15, -0.1) is 0 Å². The maximum atomic E-state index is 13.5. The molecule has 0 radical (unpaired) electrons.